The number of amides is 2. The van der Waals surface area contributed by atoms with Crippen LogP contribution in [0.2, 0.25) is 0 Å². The van der Waals surface area contributed by atoms with E-state index in [9.17, 15) is 9.59 Å². The molecule has 0 spiro atoms. The summed E-state index contributed by atoms with van der Waals surface area (Å²) in [5.74, 6) is 1.01. The fraction of sp³-hybridized carbons (Fsp3) is 0.682. The monoisotopic (exact) mass is 448 g/mol. The third kappa shape index (κ3) is 7.50. The van der Waals surface area contributed by atoms with Gasteiger partial charge in [0.1, 0.15) is 6.54 Å². The molecule has 0 atom stereocenters. The molecular weight excluding hydrogens is 412 g/mol. The number of rotatable bonds is 6. The lowest BCUT2D eigenvalue weighted by molar-refractivity contribution is -0.132. The van der Waals surface area contributed by atoms with Crippen molar-refractivity contribution in [3.05, 3.63) is 22.4 Å². The predicted molar refractivity (Wildman–Crippen MR) is 125 cm³/mol. The Hall–Kier alpha value is -2.13. The summed E-state index contributed by atoms with van der Waals surface area (Å²) in [4.78, 5) is 38.6. The van der Waals surface area contributed by atoms with Crippen molar-refractivity contribution in [2.75, 3.05) is 66.5 Å². The highest BCUT2D eigenvalue weighted by Crippen LogP contribution is 2.12. The van der Waals surface area contributed by atoms with E-state index in [4.69, 9.17) is 0 Å². The summed E-state index contributed by atoms with van der Waals surface area (Å²) >= 11 is 1.70. The standard InChI is InChI=1S/C22H36N6O2S/c1-25(2)20(29)17-24-22(23-16-19-8-7-15-31-19)28-13-11-26(12-14-28)18-21(30)27-9-5-3-4-6-10-27/h7-8,15H,3-6,9-14,16-18H2,1-2H3,(H,23,24). The second-order valence-corrected chi connectivity index (χ2v) is 9.45. The molecule has 0 unspecified atom stereocenters. The van der Waals surface area contributed by atoms with Crippen LogP contribution in [0.3, 0.4) is 0 Å². The Morgan fingerprint density at radius 1 is 1.03 bits per heavy atom. The lowest BCUT2D eigenvalue weighted by atomic mass is 10.2. The highest BCUT2D eigenvalue weighted by molar-refractivity contribution is 7.09. The summed E-state index contributed by atoms with van der Waals surface area (Å²) in [6.45, 7) is 6.36. The first-order chi connectivity index (χ1) is 15.0. The van der Waals surface area contributed by atoms with Gasteiger partial charge in [0.05, 0.1) is 13.1 Å². The first kappa shape index (κ1) is 23.5. The van der Waals surface area contributed by atoms with Crippen LogP contribution in [0.15, 0.2) is 22.5 Å². The van der Waals surface area contributed by atoms with Gasteiger partial charge in [0.2, 0.25) is 11.8 Å². The van der Waals surface area contributed by atoms with Crippen molar-refractivity contribution in [3.8, 4) is 0 Å². The molecule has 0 bridgehead atoms. The predicted octanol–water partition coefficient (Wildman–Crippen LogP) is 1.30. The Morgan fingerprint density at radius 3 is 2.35 bits per heavy atom. The Balaban J connectivity index is 1.52. The van der Waals surface area contributed by atoms with Crippen molar-refractivity contribution in [3.63, 3.8) is 0 Å². The lowest BCUT2D eigenvalue weighted by Gasteiger charge is -2.37. The lowest BCUT2D eigenvalue weighted by Crippen LogP contribution is -2.54. The molecule has 31 heavy (non-hydrogen) atoms. The van der Waals surface area contributed by atoms with Gasteiger partial charge in [-0.1, -0.05) is 18.9 Å². The highest BCUT2D eigenvalue weighted by Gasteiger charge is 2.24. The average molecular weight is 449 g/mol. The molecule has 8 nitrogen and oxygen atoms in total. The summed E-state index contributed by atoms with van der Waals surface area (Å²) in [6.07, 6.45) is 4.72. The van der Waals surface area contributed by atoms with Crippen LogP contribution in [0.5, 0.6) is 0 Å². The Bertz CT molecular complexity index is 720. The maximum Gasteiger partial charge on any atom is 0.243 e. The van der Waals surface area contributed by atoms with Gasteiger partial charge < -0.3 is 20.0 Å². The number of piperazine rings is 1. The molecule has 3 rings (SSSR count). The Kier molecular flexibility index (Phi) is 9.14. The summed E-state index contributed by atoms with van der Waals surface area (Å²) in [5, 5.41) is 5.48. The normalized spacial score (nSPS) is 18.6. The number of carbonyl (C=O) groups is 2. The van der Waals surface area contributed by atoms with Gasteiger partial charge in [-0.3, -0.25) is 14.5 Å². The summed E-state index contributed by atoms with van der Waals surface area (Å²) in [6, 6.07) is 4.13. The van der Waals surface area contributed by atoms with Crippen LogP contribution in [0.25, 0.3) is 0 Å². The molecule has 2 aliphatic heterocycles. The third-order valence-corrected chi connectivity index (χ3v) is 6.73. The van der Waals surface area contributed by atoms with Gasteiger partial charge in [-0.25, -0.2) is 4.99 Å². The average Bonchev–Trinajstić information content (AvgIpc) is 3.14. The van der Waals surface area contributed by atoms with Crippen LogP contribution in [0.4, 0.5) is 0 Å². The van der Waals surface area contributed by atoms with Crippen LogP contribution in [0.1, 0.15) is 30.6 Å². The molecule has 2 amide bonds. The number of thiophene rings is 1. The minimum absolute atomic E-state index is 0.0166. The van der Waals surface area contributed by atoms with Crippen molar-refractivity contribution in [2.45, 2.75) is 32.2 Å². The molecule has 9 heteroatoms. The molecule has 0 radical (unpaired) electrons. The smallest absolute Gasteiger partial charge is 0.243 e. The van der Waals surface area contributed by atoms with Crippen molar-refractivity contribution in [2.24, 2.45) is 4.99 Å². The number of likely N-dealkylation sites (N-methyl/N-ethyl adjacent to an activating group) is 1. The zero-order chi connectivity index (χ0) is 22.1. The second kappa shape index (κ2) is 12.0. The summed E-state index contributed by atoms with van der Waals surface area (Å²) in [5.41, 5.74) is 0. The quantitative estimate of drug-likeness (QED) is 0.525. The van der Waals surface area contributed by atoms with Crippen molar-refractivity contribution in [1.29, 1.82) is 0 Å². The molecule has 1 N–H and O–H groups in total. The zero-order valence-electron chi connectivity index (χ0n) is 18.9. The molecule has 1 aromatic rings. The maximum atomic E-state index is 12.7. The van der Waals surface area contributed by atoms with E-state index in [1.807, 2.05) is 11.0 Å². The largest absolute Gasteiger partial charge is 0.351 e. The van der Waals surface area contributed by atoms with Crippen LogP contribution in [-0.2, 0) is 16.1 Å². The Labute approximate surface area is 189 Å². The molecule has 2 aliphatic rings. The van der Waals surface area contributed by atoms with Crippen molar-refractivity contribution in [1.82, 2.24) is 24.9 Å². The van der Waals surface area contributed by atoms with E-state index < -0.39 is 0 Å². The molecule has 172 valence electrons. The first-order valence-electron chi connectivity index (χ1n) is 11.3. The van der Waals surface area contributed by atoms with E-state index in [-0.39, 0.29) is 18.4 Å². The van der Waals surface area contributed by atoms with E-state index in [0.717, 1.165) is 58.1 Å². The van der Waals surface area contributed by atoms with Gasteiger partial charge >= 0.3 is 0 Å². The fourth-order valence-electron chi connectivity index (χ4n) is 3.86. The SMILES string of the molecule is CN(C)C(=O)CN=C(NCc1cccs1)N1CCN(CC(=O)N2CCCCCC2)CC1. The number of guanidine groups is 1. The number of nitrogens with zero attached hydrogens (tertiary/aromatic N) is 5. The number of aliphatic imine (C=N–C) groups is 1. The van der Waals surface area contributed by atoms with E-state index in [1.54, 1.807) is 30.3 Å². The van der Waals surface area contributed by atoms with Crippen LogP contribution in [0, 0.1) is 0 Å². The first-order valence-corrected chi connectivity index (χ1v) is 12.2. The van der Waals surface area contributed by atoms with Crippen LogP contribution >= 0.6 is 11.3 Å². The zero-order valence-corrected chi connectivity index (χ0v) is 19.7. The third-order valence-electron chi connectivity index (χ3n) is 5.85. The van der Waals surface area contributed by atoms with Crippen LogP contribution < -0.4 is 5.32 Å². The van der Waals surface area contributed by atoms with Gasteiger partial charge in [-0.15, -0.1) is 11.3 Å². The number of hydrogen-bond acceptors (Lipinski definition) is 5. The molecule has 0 aliphatic carbocycles. The molecule has 1 aromatic heterocycles. The highest BCUT2D eigenvalue weighted by atomic mass is 32.1. The van der Waals surface area contributed by atoms with Gasteiger partial charge in [-0.2, -0.15) is 0 Å². The molecule has 0 aromatic carbocycles. The number of hydrogen-bond donors (Lipinski definition) is 1. The number of carbonyl (C=O) groups excluding carboxylic acids is 2. The van der Waals surface area contributed by atoms with E-state index in [0.29, 0.717) is 13.1 Å². The molecule has 0 saturated carbocycles. The summed E-state index contributed by atoms with van der Waals surface area (Å²) in [7, 11) is 3.49. The van der Waals surface area contributed by atoms with Crippen molar-refractivity contribution >= 4 is 29.1 Å². The maximum absolute atomic E-state index is 12.7. The van der Waals surface area contributed by atoms with E-state index >= 15 is 0 Å². The number of likely N-dealkylation sites (tertiary alicyclic amines) is 1. The van der Waals surface area contributed by atoms with Crippen LogP contribution in [-0.4, -0.2) is 104 Å². The summed E-state index contributed by atoms with van der Waals surface area (Å²) < 4.78 is 0. The van der Waals surface area contributed by atoms with Gasteiger partial charge in [-0.05, 0) is 24.3 Å². The molecule has 3 heterocycles. The van der Waals surface area contributed by atoms with Gasteiger partial charge in [0.15, 0.2) is 5.96 Å². The number of nitrogens with one attached hydrogen (secondary N) is 1. The fourth-order valence-corrected chi connectivity index (χ4v) is 4.50. The van der Waals surface area contributed by atoms with Gasteiger partial charge in [0, 0.05) is 58.2 Å². The second-order valence-electron chi connectivity index (χ2n) is 8.42. The Morgan fingerprint density at radius 2 is 1.74 bits per heavy atom. The van der Waals surface area contributed by atoms with Crippen molar-refractivity contribution < 1.29 is 9.59 Å². The minimum atomic E-state index is -0.0166. The van der Waals surface area contributed by atoms with E-state index in [1.165, 1.54) is 17.7 Å². The van der Waals surface area contributed by atoms with Gasteiger partial charge in [0.25, 0.3) is 0 Å². The topological polar surface area (TPSA) is 71.5 Å². The minimum Gasteiger partial charge on any atom is -0.351 e. The molecule has 2 fully saturated rings. The molecular formula is C22H36N6O2S. The van der Waals surface area contributed by atoms with E-state index in [2.05, 4.69) is 31.6 Å². The molecule has 2 saturated heterocycles.